The summed E-state index contributed by atoms with van der Waals surface area (Å²) in [6, 6.07) is 9.37. The van der Waals surface area contributed by atoms with Gasteiger partial charge in [-0.2, -0.15) is 0 Å². The van der Waals surface area contributed by atoms with Crippen molar-refractivity contribution >= 4 is 21.9 Å². The molecule has 0 fully saturated rings. The standard InChI is InChI=1S/C15H14BrNO4/c1-20-9-21-14(10-5-3-2-4-6-10)13-11(15(18)19)7-17-8-12(13)16/h2-8,14H,9H2,1H3,(H,18,19). The number of pyridine rings is 1. The molecule has 1 N–H and O–H groups in total. The van der Waals surface area contributed by atoms with Crippen LogP contribution in [0.4, 0.5) is 0 Å². The van der Waals surface area contributed by atoms with Gasteiger partial charge in [0.25, 0.3) is 0 Å². The van der Waals surface area contributed by atoms with E-state index < -0.39 is 12.1 Å². The van der Waals surface area contributed by atoms with Gasteiger partial charge in [-0.1, -0.05) is 30.3 Å². The van der Waals surface area contributed by atoms with Crippen molar-refractivity contribution < 1.29 is 19.4 Å². The van der Waals surface area contributed by atoms with Crippen LogP contribution in [-0.2, 0) is 9.47 Å². The van der Waals surface area contributed by atoms with Crippen molar-refractivity contribution in [3.8, 4) is 0 Å². The van der Waals surface area contributed by atoms with Gasteiger partial charge in [-0.05, 0) is 21.5 Å². The van der Waals surface area contributed by atoms with Gasteiger partial charge in [0.05, 0.1) is 5.56 Å². The maximum absolute atomic E-state index is 11.4. The van der Waals surface area contributed by atoms with Crippen molar-refractivity contribution in [3.05, 3.63) is 63.9 Å². The minimum Gasteiger partial charge on any atom is -0.478 e. The number of carboxylic acids is 1. The summed E-state index contributed by atoms with van der Waals surface area (Å²) in [6.07, 6.45) is 2.30. The number of ether oxygens (including phenoxy) is 2. The van der Waals surface area contributed by atoms with E-state index in [0.717, 1.165) is 5.56 Å². The lowest BCUT2D eigenvalue weighted by molar-refractivity contribution is -0.0596. The molecule has 2 aromatic rings. The van der Waals surface area contributed by atoms with Gasteiger partial charge in [0.15, 0.2) is 0 Å². The van der Waals surface area contributed by atoms with Crippen LogP contribution in [0.5, 0.6) is 0 Å². The highest BCUT2D eigenvalue weighted by Crippen LogP contribution is 2.33. The first-order valence-corrected chi connectivity index (χ1v) is 6.96. The van der Waals surface area contributed by atoms with E-state index in [9.17, 15) is 9.90 Å². The maximum Gasteiger partial charge on any atom is 0.337 e. The van der Waals surface area contributed by atoms with E-state index in [-0.39, 0.29) is 12.4 Å². The van der Waals surface area contributed by atoms with E-state index in [1.54, 1.807) is 6.20 Å². The quantitative estimate of drug-likeness (QED) is 0.809. The molecule has 1 unspecified atom stereocenters. The van der Waals surface area contributed by atoms with E-state index in [1.165, 1.54) is 13.3 Å². The van der Waals surface area contributed by atoms with Crippen LogP contribution in [0.25, 0.3) is 0 Å². The molecule has 0 bridgehead atoms. The second-order valence-corrected chi connectivity index (χ2v) is 5.11. The molecule has 6 heteroatoms. The molecule has 0 amide bonds. The summed E-state index contributed by atoms with van der Waals surface area (Å²) in [4.78, 5) is 15.3. The Kier molecular flexibility index (Phi) is 5.44. The van der Waals surface area contributed by atoms with Crippen LogP contribution in [-0.4, -0.2) is 30.0 Å². The molecule has 0 radical (unpaired) electrons. The molecular formula is C15H14BrNO4. The molecule has 0 saturated carbocycles. The highest BCUT2D eigenvalue weighted by atomic mass is 79.9. The number of halogens is 1. The SMILES string of the molecule is COCOC(c1ccccc1)c1c(Br)cncc1C(=O)O. The number of nitrogens with zero attached hydrogens (tertiary/aromatic N) is 1. The van der Waals surface area contributed by atoms with Gasteiger partial charge in [-0.15, -0.1) is 0 Å². The molecule has 110 valence electrons. The molecule has 0 spiro atoms. The van der Waals surface area contributed by atoms with Crippen molar-refractivity contribution in [2.45, 2.75) is 6.10 Å². The first kappa shape index (κ1) is 15.6. The average Bonchev–Trinajstić information content (AvgIpc) is 2.49. The van der Waals surface area contributed by atoms with Crippen molar-refractivity contribution in [2.24, 2.45) is 0 Å². The number of benzene rings is 1. The van der Waals surface area contributed by atoms with Gasteiger partial charge in [0, 0.05) is 29.5 Å². The molecule has 1 aromatic carbocycles. The summed E-state index contributed by atoms with van der Waals surface area (Å²) in [5, 5.41) is 9.36. The van der Waals surface area contributed by atoms with Crippen molar-refractivity contribution in [3.63, 3.8) is 0 Å². The number of aromatic nitrogens is 1. The number of rotatable bonds is 6. The molecule has 2 rings (SSSR count). The summed E-state index contributed by atoms with van der Waals surface area (Å²) in [7, 11) is 1.52. The van der Waals surface area contributed by atoms with Crippen molar-refractivity contribution in [1.82, 2.24) is 4.98 Å². The lowest BCUT2D eigenvalue weighted by Gasteiger charge is -2.21. The number of methoxy groups -OCH3 is 1. The van der Waals surface area contributed by atoms with Gasteiger partial charge in [-0.25, -0.2) is 4.79 Å². The van der Waals surface area contributed by atoms with Crippen molar-refractivity contribution in [1.29, 1.82) is 0 Å². The zero-order valence-electron chi connectivity index (χ0n) is 11.3. The second kappa shape index (κ2) is 7.31. The Labute approximate surface area is 130 Å². The molecule has 21 heavy (non-hydrogen) atoms. The van der Waals surface area contributed by atoms with E-state index in [0.29, 0.717) is 10.0 Å². The van der Waals surface area contributed by atoms with Gasteiger partial charge in [-0.3, -0.25) is 4.98 Å². The first-order chi connectivity index (χ1) is 10.1. The van der Waals surface area contributed by atoms with E-state index in [1.807, 2.05) is 30.3 Å². The molecule has 5 nitrogen and oxygen atoms in total. The molecular weight excluding hydrogens is 338 g/mol. The molecule has 1 aromatic heterocycles. The molecule has 0 aliphatic heterocycles. The Morgan fingerprint density at radius 3 is 2.67 bits per heavy atom. The largest absolute Gasteiger partial charge is 0.478 e. The van der Waals surface area contributed by atoms with Crippen LogP contribution in [0.2, 0.25) is 0 Å². The van der Waals surface area contributed by atoms with Gasteiger partial charge in [0.1, 0.15) is 12.9 Å². The van der Waals surface area contributed by atoms with Gasteiger partial charge in [0.2, 0.25) is 0 Å². The Hall–Kier alpha value is -1.76. The molecule has 1 heterocycles. The van der Waals surface area contributed by atoms with Crippen LogP contribution >= 0.6 is 15.9 Å². The fraction of sp³-hybridized carbons (Fsp3) is 0.200. The normalized spacial score (nSPS) is 12.1. The Bertz CT molecular complexity index is 618. The van der Waals surface area contributed by atoms with Crippen LogP contribution in [0.15, 0.2) is 47.2 Å². The molecule has 1 atom stereocenters. The average molecular weight is 352 g/mol. The van der Waals surface area contributed by atoms with E-state index in [2.05, 4.69) is 20.9 Å². The summed E-state index contributed by atoms with van der Waals surface area (Å²) >= 11 is 3.36. The third kappa shape index (κ3) is 3.66. The Morgan fingerprint density at radius 2 is 2.05 bits per heavy atom. The molecule has 0 saturated heterocycles. The zero-order valence-corrected chi connectivity index (χ0v) is 12.9. The minimum atomic E-state index is -1.05. The predicted molar refractivity (Wildman–Crippen MR) is 80.1 cm³/mol. The monoisotopic (exact) mass is 351 g/mol. The molecule has 0 aliphatic rings. The fourth-order valence-corrected chi connectivity index (χ4v) is 2.53. The Balaban J connectivity index is 2.54. The van der Waals surface area contributed by atoms with Crippen LogP contribution in [0, 0.1) is 0 Å². The lowest BCUT2D eigenvalue weighted by atomic mass is 9.98. The summed E-state index contributed by atoms with van der Waals surface area (Å²) in [6.45, 7) is 0.0490. The highest BCUT2D eigenvalue weighted by Gasteiger charge is 2.24. The third-order valence-electron chi connectivity index (χ3n) is 2.89. The topological polar surface area (TPSA) is 68.7 Å². The third-order valence-corrected chi connectivity index (χ3v) is 3.52. The second-order valence-electron chi connectivity index (χ2n) is 4.25. The van der Waals surface area contributed by atoms with E-state index >= 15 is 0 Å². The minimum absolute atomic E-state index is 0.0490. The number of carboxylic acid groups (broad SMARTS) is 1. The van der Waals surface area contributed by atoms with Gasteiger partial charge < -0.3 is 14.6 Å². The fourth-order valence-electron chi connectivity index (χ4n) is 1.99. The lowest BCUT2D eigenvalue weighted by Crippen LogP contribution is -2.14. The summed E-state index contributed by atoms with van der Waals surface area (Å²) < 4.78 is 11.2. The van der Waals surface area contributed by atoms with Crippen molar-refractivity contribution in [2.75, 3.05) is 13.9 Å². The summed E-state index contributed by atoms with van der Waals surface area (Å²) in [5.74, 6) is -1.05. The van der Waals surface area contributed by atoms with Crippen LogP contribution < -0.4 is 0 Å². The smallest absolute Gasteiger partial charge is 0.337 e. The maximum atomic E-state index is 11.4. The first-order valence-electron chi connectivity index (χ1n) is 6.17. The number of hydrogen-bond donors (Lipinski definition) is 1. The molecule has 0 aliphatic carbocycles. The van der Waals surface area contributed by atoms with Crippen LogP contribution in [0.3, 0.4) is 0 Å². The number of carbonyl (C=O) groups is 1. The number of hydrogen-bond acceptors (Lipinski definition) is 4. The Morgan fingerprint density at radius 1 is 1.33 bits per heavy atom. The summed E-state index contributed by atoms with van der Waals surface area (Å²) in [5.41, 5.74) is 1.44. The van der Waals surface area contributed by atoms with E-state index in [4.69, 9.17) is 9.47 Å². The number of aromatic carboxylic acids is 1. The zero-order chi connectivity index (χ0) is 15.2. The predicted octanol–water partition coefficient (Wildman–Crippen LogP) is 3.25. The van der Waals surface area contributed by atoms with Gasteiger partial charge >= 0.3 is 5.97 Å². The highest BCUT2D eigenvalue weighted by molar-refractivity contribution is 9.10. The van der Waals surface area contributed by atoms with Crippen LogP contribution in [0.1, 0.15) is 27.6 Å².